The number of methoxy groups -OCH3 is 1. The van der Waals surface area contributed by atoms with E-state index in [0.29, 0.717) is 22.0 Å². The van der Waals surface area contributed by atoms with Crippen LogP contribution < -0.4 is 10.1 Å². The van der Waals surface area contributed by atoms with Gasteiger partial charge in [0.15, 0.2) is 5.78 Å². The first kappa shape index (κ1) is 28.2. The zero-order valence-corrected chi connectivity index (χ0v) is 23.0. The van der Waals surface area contributed by atoms with Crippen molar-refractivity contribution in [1.82, 2.24) is 24.8 Å². The quantitative estimate of drug-likeness (QED) is 0.310. The Bertz CT molecular complexity index is 1640. The molecule has 41 heavy (non-hydrogen) atoms. The summed E-state index contributed by atoms with van der Waals surface area (Å²) in [7, 11) is 1.47. The highest BCUT2D eigenvalue weighted by atomic mass is 35.5. The molecule has 1 N–H and O–H groups in total. The molecule has 2 aromatic carbocycles. The number of hydrogen-bond acceptors (Lipinski definition) is 6. The lowest BCUT2D eigenvalue weighted by Gasteiger charge is -2.24. The Balaban J connectivity index is 1.36. The van der Waals surface area contributed by atoms with E-state index in [4.69, 9.17) is 16.3 Å². The van der Waals surface area contributed by atoms with Crippen molar-refractivity contribution in [3.8, 4) is 17.1 Å². The van der Waals surface area contributed by atoms with E-state index < -0.39 is 29.8 Å². The van der Waals surface area contributed by atoms with Crippen LogP contribution in [0.4, 0.5) is 8.78 Å². The molecule has 212 valence electrons. The Morgan fingerprint density at radius 3 is 2.61 bits per heavy atom. The van der Waals surface area contributed by atoms with Crippen molar-refractivity contribution in [3.63, 3.8) is 0 Å². The average molecular weight is 582 g/mol. The standard InChI is InChI=1S/C29H26ClF2N5O4/c1-16(38)22-14-36(24-7-6-17(8-21(22)24)19-11-34-29(41-2)35-12-19)15-26(39)37-13-20(31)9-25(37)28(40)33-10-18-4-3-5-23(30)27(18)32/h3-8,11-12,14,20,25H,9-10,13,15H2,1-2H3,(H,33,40). The fourth-order valence-corrected chi connectivity index (χ4v) is 5.18. The molecule has 1 saturated heterocycles. The number of carbonyl (C=O) groups excluding carboxylic acids is 3. The molecule has 2 unspecified atom stereocenters. The number of amides is 2. The molecular formula is C29H26ClF2N5O4. The third-order valence-electron chi connectivity index (χ3n) is 7.07. The lowest BCUT2D eigenvalue weighted by molar-refractivity contribution is -0.139. The molecule has 0 radical (unpaired) electrons. The number of ether oxygens (including phenoxy) is 1. The largest absolute Gasteiger partial charge is 0.467 e. The van der Waals surface area contributed by atoms with Crippen LogP contribution >= 0.6 is 11.6 Å². The van der Waals surface area contributed by atoms with Crippen LogP contribution in [0.3, 0.4) is 0 Å². The van der Waals surface area contributed by atoms with Crippen LogP contribution in [-0.2, 0) is 22.7 Å². The van der Waals surface area contributed by atoms with E-state index in [-0.39, 0.29) is 48.4 Å². The number of fused-ring (bicyclic) bond motifs is 1. The Kier molecular flexibility index (Phi) is 7.98. The molecule has 0 bridgehead atoms. The predicted molar refractivity (Wildman–Crippen MR) is 148 cm³/mol. The number of halogens is 3. The number of ketones is 1. The summed E-state index contributed by atoms with van der Waals surface area (Å²) >= 11 is 5.81. The number of rotatable bonds is 8. The summed E-state index contributed by atoms with van der Waals surface area (Å²) in [6.45, 7) is 0.810. The zero-order chi connectivity index (χ0) is 29.3. The highest BCUT2D eigenvalue weighted by Crippen LogP contribution is 2.29. The Morgan fingerprint density at radius 2 is 1.90 bits per heavy atom. The normalized spacial score (nSPS) is 16.7. The summed E-state index contributed by atoms with van der Waals surface area (Å²) in [6, 6.07) is 9.01. The number of Topliss-reactive ketones (excluding diaryl/α,β-unsaturated/α-hetero) is 1. The molecule has 1 aliphatic heterocycles. The third-order valence-corrected chi connectivity index (χ3v) is 7.36. The number of alkyl halides is 1. The van der Waals surface area contributed by atoms with Gasteiger partial charge in [0.25, 0.3) is 0 Å². The van der Waals surface area contributed by atoms with E-state index in [1.54, 1.807) is 35.3 Å². The second-order valence-electron chi connectivity index (χ2n) is 9.74. The van der Waals surface area contributed by atoms with Crippen LogP contribution in [0.5, 0.6) is 6.01 Å². The number of nitrogens with one attached hydrogen (secondary N) is 1. The van der Waals surface area contributed by atoms with Gasteiger partial charge in [0, 0.05) is 59.1 Å². The van der Waals surface area contributed by atoms with E-state index in [2.05, 4.69) is 15.3 Å². The Hall–Kier alpha value is -4.38. The summed E-state index contributed by atoms with van der Waals surface area (Å²) in [6.07, 6.45) is 3.23. The minimum atomic E-state index is -1.39. The van der Waals surface area contributed by atoms with Crippen LogP contribution in [0.1, 0.15) is 29.3 Å². The van der Waals surface area contributed by atoms with E-state index in [0.717, 1.165) is 5.56 Å². The fraction of sp³-hybridized carbons (Fsp3) is 0.276. The third kappa shape index (κ3) is 5.76. The monoisotopic (exact) mass is 581 g/mol. The molecule has 9 nitrogen and oxygen atoms in total. The van der Waals surface area contributed by atoms with Gasteiger partial charge in [-0.05, 0) is 30.7 Å². The van der Waals surface area contributed by atoms with Gasteiger partial charge in [-0.15, -0.1) is 0 Å². The molecule has 4 aromatic rings. The van der Waals surface area contributed by atoms with Gasteiger partial charge < -0.3 is 19.5 Å². The molecule has 2 atom stereocenters. The number of benzene rings is 2. The van der Waals surface area contributed by atoms with Crippen molar-refractivity contribution >= 4 is 40.1 Å². The van der Waals surface area contributed by atoms with Crippen molar-refractivity contribution in [2.45, 2.75) is 38.6 Å². The van der Waals surface area contributed by atoms with Gasteiger partial charge >= 0.3 is 6.01 Å². The fourth-order valence-electron chi connectivity index (χ4n) is 4.99. The van der Waals surface area contributed by atoms with Crippen LogP contribution in [-0.4, -0.2) is 62.9 Å². The van der Waals surface area contributed by atoms with Gasteiger partial charge in [-0.25, -0.2) is 18.7 Å². The zero-order valence-electron chi connectivity index (χ0n) is 22.2. The number of aromatic nitrogens is 3. The van der Waals surface area contributed by atoms with E-state index in [9.17, 15) is 23.2 Å². The number of hydrogen-bond donors (Lipinski definition) is 1. The topological polar surface area (TPSA) is 106 Å². The molecule has 12 heteroatoms. The van der Waals surface area contributed by atoms with Gasteiger partial charge in [0.1, 0.15) is 24.6 Å². The lowest BCUT2D eigenvalue weighted by atomic mass is 10.0. The molecule has 0 aliphatic carbocycles. The molecule has 3 heterocycles. The van der Waals surface area contributed by atoms with Gasteiger partial charge in [0.2, 0.25) is 11.8 Å². The van der Waals surface area contributed by atoms with Crippen molar-refractivity contribution in [1.29, 1.82) is 0 Å². The summed E-state index contributed by atoms with van der Waals surface area (Å²) < 4.78 is 35.3. The lowest BCUT2D eigenvalue weighted by Crippen LogP contribution is -2.46. The number of likely N-dealkylation sites (tertiary alicyclic amines) is 1. The Morgan fingerprint density at radius 1 is 1.15 bits per heavy atom. The van der Waals surface area contributed by atoms with Crippen LogP contribution in [0.25, 0.3) is 22.0 Å². The SMILES string of the molecule is COc1ncc(-c2ccc3c(c2)c(C(C)=O)cn3CC(=O)N2CC(F)CC2C(=O)NCc2cccc(Cl)c2F)cn1. The van der Waals surface area contributed by atoms with E-state index in [1.807, 2.05) is 12.1 Å². The van der Waals surface area contributed by atoms with Crippen LogP contribution in [0.15, 0.2) is 55.0 Å². The van der Waals surface area contributed by atoms with Gasteiger partial charge in [-0.3, -0.25) is 14.4 Å². The first-order valence-electron chi connectivity index (χ1n) is 12.8. The summed E-state index contributed by atoms with van der Waals surface area (Å²) in [5.74, 6) is -1.93. The highest BCUT2D eigenvalue weighted by Gasteiger charge is 2.39. The minimum absolute atomic E-state index is 0.0772. The molecule has 2 amide bonds. The highest BCUT2D eigenvalue weighted by molar-refractivity contribution is 6.30. The second kappa shape index (κ2) is 11.6. The maximum atomic E-state index is 14.5. The van der Waals surface area contributed by atoms with Crippen LogP contribution in [0, 0.1) is 5.82 Å². The first-order valence-corrected chi connectivity index (χ1v) is 13.2. The average Bonchev–Trinajstić information content (AvgIpc) is 3.54. The molecule has 1 fully saturated rings. The second-order valence-corrected chi connectivity index (χ2v) is 10.2. The molecule has 1 aliphatic rings. The van der Waals surface area contributed by atoms with E-state index >= 15 is 0 Å². The minimum Gasteiger partial charge on any atom is -0.467 e. The summed E-state index contributed by atoms with van der Waals surface area (Å²) in [4.78, 5) is 48.2. The number of nitrogens with zero attached hydrogens (tertiary/aromatic N) is 4. The Labute approximate surface area is 239 Å². The van der Waals surface area contributed by atoms with Gasteiger partial charge in [0.05, 0.1) is 18.7 Å². The first-order chi connectivity index (χ1) is 19.7. The molecule has 5 rings (SSSR count). The van der Waals surface area contributed by atoms with Crippen LogP contribution in [0.2, 0.25) is 5.02 Å². The van der Waals surface area contributed by atoms with Gasteiger partial charge in [-0.2, -0.15) is 0 Å². The predicted octanol–water partition coefficient (Wildman–Crippen LogP) is 4.36. The van der Waals surface area contributed by atoms with E-state index in [1.165, 1.54) is 31.1 Å². The van der Waals surface area contributed by atoms with Crippen molar-refractivity contribution in [2.75, 3.05) is 13.7 Å². The summed E-state index contributed by atoms with van der Waals surface area (Å²) in [5.41, 5.74) is 2.68. The molecule has 2 aromatic heterocycles. The molecule has 0 saturated carbocycles. The maximum absolute atomic E-state index is 14.5. The molecular weight excluding hydrogens is 556 g/mol. The number of carbonyl (C=O) groups is 3. The summed E-state index contributed by atoms with van der Waals surface area (Å²) in [5, 5.41) is 3.14. The van der Waals surface area contributed by atoms with Crippen molar-refractivity contribution in [2.24, 2.45) is 0 Å². The smallest absolute Gasteiger partial charge is 0.316 e. The van der Waals surface area contributed by atoms with Crippen molar-refractivity contribution < 1.29 is 27.9 Å². The van der Waals surface area contributed by atoms with Gasteiger partial charge in [-0.1, -0.05) is 29.8 Å². The maximum Gasteiger partial charge on any atom is 0.316 e. The molecule has 0 spiro atoms. The van der Waals surface area contributed by atoms with Crippen molar-refractivity contribution in [3.05, 3.63) is 77.0 Å².